The molecule has 0 bridgehead atoms. The molecule has 36 heavy (non-hydrogen) atoms. The van der Waals surface area contributed by atoms with Crippen molar-refractivity contribution in [3.8, 4) is 0 Å². The maximum atomic E-state index is 13.8. The molecule has 3 amide bonds. The molecule has 3 aromatic rings. The number of H-pyrrole nitrogens is 1. The third-order valence-electron chi connectivity index (χ3n) is 6.96. The molecule has 0 spiro atoms. The van der Waals surface area contributed by atoms with Crippen LogP contribution in [0.1, 0.15) is 54.6 Å². The summed E-state index contributed by atoms with van der Waals surface area (Å²) in [6, 6.07) is 14.0. The van der Waals surface area contributed by atoms with Gasteiger partial charge in [0.05, 0.1) is 0 Å². The standard InChI is InChI=1S/C28H32N4O3S/c1-16(2)14-30-24(33)22(13-17-15-29-21-12-8-7-9-18(17)21)31-25(34)23-28(3,4)36-27-20-11-6-5-10-19(20)26(35)32(23)27/h5-12,15-16,22-23,27,29H,13-14H2,1-4H3,(H,30,33)(H,31,34)/t22-,23+,27+/m0/s1. The van der Waals surface area contributed by atoms with Crippen LogP contribution >= 0.6 is 11.8 Å². The topological polar surface area (TPSA) is 94.3 Å². The maximum absolute atomic E-state index is 13.8. The Kier molecular flexibility index (Phi) is 6.32. The number of fused-ring (bicyclic) bond motifs is 4. The zero-order valence-corrected chi connectivity index (χ0v) is 21.8. The van der Waals surface area contributed by atoms with E-state index in [1.807, 2.05) is 82.4 Å². The number of carbonyl (C=O) groups excluding carboxylic acids is 3. The molecule has 1 saturated heterocycles. The first-order valence-corrected chi connectivity index (χ1v) is 13.3. The Hall–Kier alpha value is -3.26. The van der Waals surface area contributed by atoms with Crippen LogP contribution < -0.4 is 10.6 Å². The summed E-state index contributed by atoms with van der Waals surface area (Å²) in [5.74, 6) is -0.379. The van der Waals surface area contributed by atoms with Crippen LogP contribution in [-0.2, 0) is 16.0 Å². The first-order valence-electron chi connectivity index (χ1n) is 12.4. The number of aromatic nitrogens is 1. The van der Waals surface area contributed by atoms with Crippen molar-refractivity contribution in [1.82, 2.24) is 20.5 Å². The van der Waals surface area contributed by atoms with Gasteiger partial charge < -0.3 is 20.5 Å². The van der Waals surface area contributed by atoms with Crippen molar-refractivity contribution in [1.29, 1.82) is 0 Å². The third-order valence-corrected chi connectivity index (χ3v) is 8.50. The molecule has 3 heterocycles. The minimum absolute atomic E-state index is 0.133. The minimum atomic E-state index is -0.768. The molecule has 3 atom stereocenters. The molecule has 8 heteroatoms. The first kappa shape index (κ1) is 24.4. The molecule has 0 radical (unpaired) electrons. The van der Waals surface area contributed by atoms with Gasteiger partial charge in [-0.05, 0) is 43.0 Å². The lowest BCUT2D eigenvalue weighted by molar-refractivity contribution is -0.131. The van der Waals surface area contributed by atoms with E-state index in [1.54, 1.807) is 16.7 Å². The lowest BCUT2D eigenvalue weighted by atomic mass is 9.98. The van der Waals surface area contributed by atoms with Gasteiger partial charge in [-0.15, -0.1) is 11.8 Å². The second-order valence-electron chi connectivity index (χ2n) is 10.5. The molecule has 0 aliphatic carbocycles. The smallest absolute Gasteiger partial charge is 0.256 e. The number of nitrogens with one attached hydrogen (secondary N) is 3. The van der Waals surface area contributed by atoms with Crippen molar-refractivity contribution in [3.05, 3.63) is 71.4 Å². The van der Waals surface area contributed by atoms with Crippen LogP contribution in [0.15, 0.2) is 54.7 Å². The molecule has 7 nitrogen and oxygen atoms in total. The van der Waals surface area contributed by atoms with Gasteiger partial charge in [0.2, 0.25) is 11.8 Å². The summed E-state index contributed by atoms with van der Waals surface area (Å²) in [6.07, 6.45) is 2.24. The van der Waals surface area contributed by atoms with Crippen molar-refractivity contribution in [2.24, 2.45) is 5.92 Å². The number of rotatable bonds is 7. The van der Waals surface area contributed by atoms with Gasteiger partial charge in [-0.1, -0.05) is 50.2 Å². The maximum Gasteiger partial charge on any atom is 0.256 e. The Morgan fingerprint density at radius 1 is 1.11 bits per heavy atom. The number of thioether (sulfide) groups is 1. The molecule has 5 rings (SSSR count). The number of hydrogen-bond donors (Lipinski definition) is 3. The fraction of sp³-hybridized carbons (Fsp3) is 0.393. The van der Waals surface area contributed by atoms with Gasteiger partial charge in [0.25, 0.3) is 5.91 Å². The van der Waals surface area contributed by atoms with Crippen molar-refractivity contribution in [3.63, 3.8) is 0 Å². The number of benzene rings is 2. The predicted octanol–water partition coefficient (Wildman–Crippen LogP) is 4.02. The van der Waals surface area contributed by atoms with Gasteiger partial charge >= 0.3 is 0 Å². The molecule has 2 aliphatic heterocycles. The molecule has 2 aromatic carbocycles. The molecule has 0 unspecified atom stereocenters. The second kappa shape index (κ2) is 9.32. The first-order chi connectivity index (χ1) is 17.2. The van der Waals surface area contributed by atoms with E-state index < -0.39 is 16.8 Å². The van der Waals surface area contributed by atoms with Gasteiger partial charge in [0, 0.05) is 40.4 Å². The van der Waals surface area contributed by atoms with E-state index >= 15 is 0 Å². The van der Waals surface area contributed by atoms with E-state index in [-0.39, 0.29) is 29.0 Å². The zero-order valence-electron chi connectivity index (χ0n) is 21.0. The van der Waals surface area contributed by atoms with Gasteiger partial charge in [0.15, 0.2) is 0 Å². The van der Waals surface area contributed by atoms with E-state index in [4.69, 9.17) is 0 Å². The third kappa shape index (κ3) is 4.28. The summed E-state index contributed by atoms with van der Waals surface area (Å²) >= 11 is 1.62. The van der Waals surface area contributed by atoms with Crippen LogP contribution in [0.3, 0.4) is 0 Å². The van der Waals surface area contributed by atoms with E-state index in [0.29, 0.717) is 18.5 Å². The molecule has 1 fully saturated rings. The predicted molar refractivity (Wildman–Crippen MR) is 143 cm³/mol. The molecule has 2 aliphatic rings. The number of amides is 3. The second-order valence-corrected chi connectivity index (χ2v) is 12.3. The summed E-state index contributed by atoms with van der Waals surface area (Å²) in [6.45, 7) is 8.56. The van der Waals surface area contributed by atoms with Crippen LogP contribution in [0.2, 0.25) is 0 Å². The summed E-state index contributed by atoms with van der Waals surface area (Å²) in [5.41, 5.74) is 3.53. The highest BCUT2D eigenvalue weighted by Crippen LogP contribution is 2.56. The minimum Gasteiger partial charge on any atom is -0.361 e. The number of aromatic amines is 1. The molecule has 0 saturated carbocycles. The summed E-state index contributed by atoms with van der Waals surface area (Å²) < 4.78 is -0.516. The van der Waals surface area contributed by atoms with Crippen molar-refractivity contribution >= 4 is 40.4 Å². The summed E-state index contributed by atoms with van der Waals surface area (Å²) in [7, 11) is 0. The highest BCUT2D eigenvalue weighted by atomic mass is 32.2. The Morgan fingerprint density at radius 2 is 1.83 bits per heavy atom. The quantitative estimate of drug-likeness (QED) is 0.453. The van der Waals surface area contributed by atoms with Gasteiger partial charge in [-0.2, -0.15) is 0 Å². The van der Waals surface area contributed by atoms with Crippen LogP contribution in [-0.4, -0.2) is 51.0 Å². The number of carbonyl (C=O) groups is 3. The fourth-order valence-electron chi connectivity index (χ4n) is 5.21. The molecule has 1 aromatic heterocycles. The molecular formula is C28H32N4O3S. The van der Waals surface area contributed by atoms with Crippen LogP contribution in [0.25, 0.3) is 10.9 Å². The molecule has 188 valence electrons. The Morgan fingerprint density at radius 3 is 2.61 bits per heavy atom. The SMILES string of the molecule is CC(C)CNC(=O)[C@H](Cc1c[nH]c2ccccc12)NC(=O)[C@H]1N2C(=O)c3ccccc3[C@H]2SC1(C)C. The van der Waals surface area contributed by atoms with Crippen molar-refractivity contribution in [2.45, 2.75) is 56.3 Å². The number of para-hydroxylation sites is 1. The highest BCUT2D eigenvalue weighted by Gasteiger charge is 2.57. The van der Waals surface area contributed by atoms with Gasteiger partial charge in [-0.25, -0.2) is 0 Å². The lowest BCUT2D eigenvalue weighted by Crippen LogP contribution is -2.57. The van der Waals surface area contributed by atoms with E-state index in [2.05, 4.69) is 15.6 Å². The van der Waals surface area contributed by atoms with Crippen molar-refractivity contribution in [2.75, 3.05) is 6.54 Å². The van der Waals surface area contributed by atoms with E-state index in [9.17, 15) is 14.4 Å². The average molecular weight is 505 g/mol. The van der Waals surface area contributed by atoms with Crippen LogP contribution in [0, 0.1) is 5.92 Å². The van der Waals surface area contributed by atoms with Crippen LogP contribution in [0.4, 0.5) is 0 Å². The molecule has 3 N–H and O–H groups in total. The van der Waals surface area contributed by atoms with E-state index in [0.717, 1.165) is 22.0 Å². The summed E-state index contributed by atoms with van der Waals surface area (Å²) in [5, 5.41) is 6.82. The van der Waals surface area contributed by atoms with Gasteiger partial charge in [0.1, 0.15) is 17.5 Å². The number of hydrogen-bond acceptors (Lipinski definition) is 4. The summed E-state index contributed by atoms with van der Waals surface area (Å²) in [4.78, 5) is 45.4. The highest BCUT2D eigenvalue weighted by molar-refractivity contribution is 8.01. The zero-order chi connectivity index (χ0) is 25.6. The fourth-order valence-corrected chi connectivity index (χ4v) is 6.80. The van der Waals surface area contributed by atoms with E-state index in [1.165, 1.54) is 0 Å². The van der Waals surface area contributed by atoms with Crippen LogP contribution in [0.5, 0.6) is 0 Å². The average Bonchev–Trinajstić information content (AvgIpc) is 3.46. The lowest BCUT2D eigenvalue weighted by Gasteiger charge is -2.31. The Balaban J connectivity index is 1.42. The Labute approximate surface area is 215 Å². The largest absolute Gasteiger partial charge is 0.361 e. The van der Waals surface area contributed by atoms with Crippen molar-refractivity contribution < 1.29 is 14.4 Å². The number of nitrogens with zero attached hydrogens (tertiary/aromatic N) is 1. The normalized spacial score (nSPS) is 20.9. The monoisotopic (exact) mass is 504 g/mol. The molecular weight excluding hydrogens is 472 g/mol. The Bertz CT molecular complexity index is 1330. The van der Waals surface area contributed by atoms with Gasteiger partial charge in [-0.3, -0.25) is 14.4 Å².